The van der Waals surface area contributed by atoms with Gasteiger partial charge in [0.05, 0.1) is 17.3 Å². The van der Waals surface area contributed by atoms with Gasteiger partial charge in [0, 0.05) is 11.4 Å². The molecule has 4 rings (SSSR count). The zero-order valence-electron chi connectivity index (χ0n) is 16.9. The number of anilines is 1. The first-order chi connectivity index (χ1) is 15.1. The molecule has 2 heterocycles. The van der Waals surface area contributed by atoms with E-state index >= 15 is 0 Å². The van der Waals surface area contributed by atoms with E-state index in [-0.39, 0.29) is 16.7 Å². The fraction of sp³-hybridized carbons (Fsp3) is 0.318. The van der Waals surface area contributed by atoms with Crippen molar-refractivity contribution in [1.82, 2.24) is 19.7 Å². The second-order valence-corrected chi connectivity index (χ2v) is 8.72. The average Bonchev–Trinajstić information content (AvgIpc) is 3.18. The summed E-state index contributed by atoms with van der Waals surface area (Å²) in [4.78, 5) is 14.8. The lowest BCUT2D eigenvalue weighted by atomic mass is 10.1. The molecule has 0 bridgehead atoms. The number of para-hydroxylation sites is 1. The van der Waals surface area contributed by atoms with Crippen LogP contribution in [0.25, 0.3) is 5.69 Å². The van der Waals surface area contributed by atoms with Crippen molar-refractivity contribution in [1.29, 1.82) is 0 Å². The van der Waals surface area contributed by atoms with E-state index in [1.54, 1.807) is 0 Å². The van der Waals surface area contributed by atoms with E-state index in [9.17, 15) is 9.18 Å². The van der Waals surface area contributed by atoms with Crippen molar-refractivity contribution in [2.45, 2.75) is 31.0 Å². The summed E-state index contributed by atoms with van der Waals surface area (Å²) < 4.78 is 15.3. The number of piperidine rings is 1. The summed E-state index contributed by atoms with van der Waals surface area (Å²) in [5, 5.41) is 12.2. The van der Waals surface area contributed by atoms with Crippen LogP contribution in [-0.4, -0.2) is 44.4 Å². The molecule has 1 saturated heterocycles. The second kappa shape index (κ2) is 10.3. The first-order valence-corrected chi connectivity index (χ1v) is 11.6. The van der Waals surface area contributed by atoms with E-state index in [0.717, 1.165) is 31.1 Å². The van der Waals surface area contributed by atoms with Gasteiger partial charge in [-0.05, 0) is 56.3 Å². The summed E-state index contributed by atoms with van der Waals surface area (Å²) in [6.07, 6.45) is 3.68. The van der Waals surface area contributed by atoms with Crippen molar-refractivity contribution >= 4 is 35.0 Å². The fourth-order valence-corrected chi connectivity index (χ4v) is 4.50. The maximum Gasteiger partial charge on any atom is 0.234 e. The minimum Gasteiger partial charge on any atom is -0.325 e. The van der Waals surface area contributed by atoms with Gasteiger partial charge < -0.3 is 5.32 Å². The Labute approximate surface area is 189 Å². The van der Waals surface area contributed by atoms with Crippen molar-refractivity contribution in [2.75, 3.05) is 24.2 Å². The van der Waals surface area contributed by atoms with Crippen LogP contribution in [0.2, 0.25) is 5.02 Å². The molecule has 9 heteroatoms. The van der Waals surface area contributed by atoms with Crippen molar-refractivity contribution in [2.24, 2.45) is 0 Å². The molecule has 0 spiro atoms. The summed E-state index contributed by atoms with van der Waals surface area (Å²) in [5.74, 6) is 0.254. The van der Waals surface area contributed by atoms with Gasteiger partial charge >= 0.3 is 0 Å². The molecular weight excluding hydrogens is 437 g/mol. The van der Waals surface area contributed by atoms with E-state index in [1.807, 2.05) is 34.9 Å². The Hall–Kier alpha value is -2.42. The number of nitrogens with zero attached hydrogens (tertiary/aromatic N) is 4. The van der Waals surface area contributed by atoms with Gasteiger partial charge in [0.1, 0.15) is 5.82 Å². The van der Waals surface area contributed by atoms with Crippen LogP contribution in [0, 0.1) is 5.82 Å². The zero-order chi connectivity index (χ0) is 21.6. The third-order valence-electron chi connectivity index (χ3n) is 5.06. The molecule has 1 aromatic heterocycles. The second-order valence-electron chi connectivity index (χ2n) is 7.37. The van der Waals surface area contributed by atoms with Crippen LogP contribution in [0.4, 0.5) is 10.1 Å². The quantitative estimate of drug-likeness (QED) is 0.515. The van der Waals surface area contributed by atoms with Gasteiger partial charge in [0.25, 0.3) is 0 Å². The number of hydrogen-bond acceptors (Lipinski definition) is 5. The van der Waals surface area contributed by atoms with Crippen LogP contribution in [0.1, 0.15) is 25.1 Å². The number of rotatable bonds is 7. The van der Waals surface area contributed by atoms with Crippen LogP contribution >= 0.6 is 23.4 Å². The highest BCUT2D eigenvalue weighted by Gasteiger charge is 2.19. The van der Waals surface area contributed by atoms with Gasteiger partial charge in [-0.15, -0.1) is 10.2 Å². The summed E-state index contributed by atoms with van der Waals surface area (Å²) >= 11 is 7.10. The molecule has 0 unspecified atom stereocenters. The molecular formula is C22H23ClFN5OS. The number of aromatic nitrogens is 3. The predicted octanol–water partition coefficient (Wildman–Crippen LogP) is 4.78. The highest BCUT2D eigenvalue weighted by Crippen LogP contribution is 2.24. The lowest BCUT2D eigenvalue weighted by Gasteiger charge is -2.26. The van der Waals surface area contributed by atoms with Crippen LogP contribution in [0.3, 0.4) is 0 Å². The number of halogens is 2. The summed E-state index contributed by atoms with van der Waals surface area (Å²) in [5.41, 5.74) is 1.42. The number of likely N-dealkylation sites (tertiary alicyclic amines) is 1. The Kier molecular flexibility index (Phi) is 7.21. The smallest absolute Gasteiger partial charge is 0.234 e. The molecule has 1 aliphatic rings. The lowest BCUT2D eigenvalue weighted by Crippen LogP contribution is -2.30. The summed E-state index contributed by atoms with van der Waals surface area (Å²) in [7, 11) is 0. The van der Waals surface area contributed by atoms with E-state index in [2.05, 4.69) is 20.4 Å². The number of nitrogens with one attached hydrogen (secondary N) is 1. The van der Waals surface area contributed by atoms with Gasteiger partial charge in [-0.25, -0.2) is 4.39 Å². The van der Waals surface area contributed by atoms with E-state index in [4.69, 9.17) is 11.6 Å². The standard InChI is InChI=1S/C22H23ClFN5OS/c23-18-13-16(9-10-19(18)24)25-21(30)15-31-22-27-26-20(14-28-11-5-2-6-12-28)29(22)17-7-3-1-4-8-17/h1,3-4,7-10,13H,2,5-6,11-12,14-15H2,(H,25,30). The molecule has 6 nitrogen and oxygen atoms in total. The van der Waals surface area contributed by atoms with Gasteiger partial charge in [-0.3, -0.25) is 14.3 Å². The van der Waals surface area contributed by atoms with Crippen molar-refractivity contribution in [3.63, 3.8) is 0 Å². The molecule has 0 aliphatic carbocycles. The SMILES string of the molecule is O=C(CSc1nnc(CN2CCCCC2)n1-c1ccccc1)Nc1ccc(F)c(Cl)c1. The average molecular weight is 460 g/mol. The van der Waals surface area contributed by atoms with Gasteiger partial charge in [-0.1, -0.05) is 48.0 Å². The molecule has 0 saturated carbocycles. The third-order valence-corrected chi connectivity index (χ3v) is 6.28. The third kappa shape index (κ3) is 5.64. The van der Waals surface area contributed by atoms with Crippen LogP contribution < -0.4 is 5.32 Å². The highest BCUT2D eigenvalue weighted by molar-refractivity contribution is 7.99. The van der Waals surface area contributed by atoms with Gasteiger partial charge in [0.2, 0.25) is 5.91 Å². The van der Waals surface area contributed by atoms with E-state index in [0.29, 0.717) is 10.8 Å². The number of thioether (sulfide) groups is 1. The van der Waals surface area contributed by atoms with Crippen molar-refractivity contribution in [3.05, 3.63) is 65.2 Å². The highest BCUT2D eigenvalue weighted by atomic mass is 35.5. The minimum absolute atomic E-state index is 0.0309. The van der Waals surface area contributed by atoms with Crippen LogP contribution in [0.5, 0.6) is 0 Å². The molecule has 0 atom stereocenters. The zero-order valence-corrected chi connectivity index (χ0v) is 18.5. The largest absolute Gasteiger partial charge is 0.325 e. The number of benzene rings is 2. The van der Waals surface area contributed by atoms with E-state index in [1.165, 1.54) is 49.2 Å². The Bertz CT molecular complexity index is 1040. The molecule has 3 aromatic rings. The Morgan fingerprint density at radius 1 is 1.10 bits per heavy atom. The van der Waals surface area contributed by atoms with Crippen molar-refractivity contribution < 1.29 is 9.18 Å². The molecule has 1 fully saturated rings. The first kappa shape index (κ1) is 21.8. The van der Waals surface area contributed by atoms with Gasteiger partial charge in [-0.2, -0.15) is 0 Å². The number of amides is 1. The summed E-state index contributed by atoms with van der Waals surface area (Å²) in [6.45, 7) is 2.85. The fourth-order valence-electron chi connectivity index (χ4n) is 3.55. The Balaban J connectivity index is 1.48. The lowest BCUT2D eigenvalue weighted by molar-refractivity contribution is -0.113. The number of hydrogen-bond donors (Lipinski definition) is 1. The monoisotopic (exact) mass is 459 g/mol. The normalized spacial score (nSPS) is 14.5. The Morgan fingerprint density at radius 3 is 2.61 bits per heavy atom. The van der Waals surface area contributed by atoms with E-state index < -0.39 is 5.82 Å². The summed E-state index contributed by atoms with van der Waals surface area (Å²) in [6, 6.07) is 14.0. The molecule has 2 aromatic carbocycles. The predicted molar refractivity (Wildman–Crippen MR) is 121 cm³/mol. The molecule has 1 N–H and O–H groups in total. The molecule has 1 aliphatic heterocycles. The Morgan fingerprint density at radius 2 is 1.87 bits per heavy atom. The number of carbonyl (C=O) groups excluding carboxylic acids is 1. The van der Waals surface area contributed by atoms with Crippen molar-refractivity contribution in [3.8, 4) is 5.69 Å². The molecule has 162 valence electrons. The maximum atomic E-state index is 13.3. The molecule has 1 amide bonds. The maximum absolute atomic E-state index is 13.3. The van der Waals surface area contributed by atoms with Crippen LogP contribution in [0.15, 0.2) is 53.7 Å². The van der Waals surface area contributed by atoms with Gasteiger partial charge in [0.15, 0.2) is 11.0 Å². The van der Waals surface area contributed by atoms with Crippen LogP contribution in [-0.2, 0) is 11.3 Å². The minimum atomic E-state index is -0.522. The first-order valence-electron chi connectivity index (χ1n) is 10.2. The topological polar surface area (TPSA) is 63.1 Å². The number of carbonyl (C=O) groups is 1. The molecule has 0 radical (unpaired) electrons. The molecule has 31 heavy (non-hydrogen) atoms.